The molecule has 2 rings (SSSR count). The Balaban J connectivity index is 1.73. The van der Waals surface area contributed by atoms with Gasteiger partial charge >= 0.3 is 0 Å². The Labute approximate surface area is 99.9 Å². The van der Waals surface area contributed by atoms with E-state index < -0.39 is 0 Å². The van der Waals surface area contributed by atoms with Crippen LogP contribution in [-0.2, 0) is 13.1 Å². The van der Waals surface area contributed by atoms with Crippen molar-refractivity contribution in [2.45, 2.75) is 13.1 Å². The highest BCUT2D eigenvalue weighted by molar-refractivity contribution is 5.07. The fourth-order valence-corrected chi connectivity index (χ4v) is 1.54. The van der Waals surface area contributed by atoms with Crippen LogP contribution in [0.25, 0.3) is 0 Å². The molecular weight excluding hydrogens is 214 g/mol. The zero-order chi connectivity index (χ0) is 11.9. The van der Waals surface area contributed by atoms with Gasteiger partial charge in [0.15, 0.2) is 5.43 Å². The molecule has 0 saturated heterocycles. The third kappa shape index (κ3) is 3.85. The molecule has 2 heterocycles. The molecule has 2 aromatic rings. The third-order valence-corrected chi connectivity index (χ3v) is 2.46. The molecule has 88 valence electrons. The number of hydrogen-bond acceptors (Lipinski definition) is 3. The Morgan fingerprint density at radius 3 is 2.76 bits per heavy atom. The van der Waals surface area contributed by atoms with Crippen LogP contribution < -0.4 is 10.7 Å². The quantitative estimate of drug-likeness (QED) is 0.779. The molecule has 0 fully saturated rings. The molecule has 0 unspecified atom stereocenters. The van der Waals surface area contributed by atoms with Gasteiger partial charge in [-0.15, -0.1) is 0 Å². The first kappa shape index (κ1) is 11.5. The molecule has 0 atom stereocenters. The van der Waals surface area contributed by atoms with Crippen molar-refractivity contribution in [1.82, 2.24) is 14.9 Å². The molecule has 0 aliphatic heterocycles. The minimum Gasteiger partial charge on any atom is -0.353 e. The van der Waals surface area contributed by atoms with Crippen LogP contribution in [-0.4, -0.2) is 16.1 Å². The van der Waals surface area contributed by atoms with Crippen molar-refractivity contribution in [2.24, 2.45) is 0 Å². The first-order valence-electron chi connectivity index (χ1n) is 5.60. The molecule has 1 N–H and O–H groups in total. The maximum atomic E-state index is 10.9. The predicted molar refractivity (Wildman–Crippen MR) is 66.6 cm³/mol. The van der Waals surface area contributed by atoms with E-state index in [0.717, 1.165) is 19.6 Å². The van der Waals surface area contributed by atoms with Crippen molar-refractivity contribution >= 4 is 0 Å². The molecule has 0 aliphatic rings. The number of nitrogens with zero attached hydrogens (tertiary/aromatic N) is 2. The van der Waals surface area contributed by atoms with E-state index in [9.17, 15) is 4.79 Å². The van der Waals surface area contributed by atoms with Crippen molar-refractivity contribution in [3.05, 3.63) is 64.8 Å². The van der Waals surface area contributed by atoms with Crippen LogP contribution in [0.1, 0.15) is 5.56 Å². The van der Waals surface area contributed by atoms with Crippen molar-refractivity contribution in [3.63, 3.8) is 0 Å². The van der Waals surface area contributed by atoms with Gasteiger partial charge in [0.1, 0.15) is 0 Å². The van der Waals surface area contributed by atoms with Gasteiger partial charge in [-0.3, -0.25) is 9.78 Å². The highest BCUT2D eigenvalue weighted by atomic mass is 16.1. The zero-order valence-corrected chi connectivity index (χ0v) is 9.54. The minimum atomic E-state index is 0.0459. The Morgan fingerprint density at radius 1 is 1.24 bits per heavy atom. The zero-order valence-electron chi connectivity index (χ0n) is 9.54. The molecule has 0 spiro atoms. The predicted octanol–water partition coefficient (Wildman–Crippen LogP) is 1.03. The van der Waals surface area contributed by atoms with Crippen LogP contribution in [0.5, 0.6) is 0 Å². The van der Waals surface area contributed by atoms with Crippen LogP contribution in [0.2, 0.25) is 0 Å². The molecule has 4 heteroatoms. The highest BCUT2D eigenvalue weighted by Crippen LogP contribution is 1.93. The monoisotopic (exact) mass is 229 g/mol. The SMILES string of the molecule is O=c1ccn(CCNCc2cccnc2)cc1. The fraction of sp³-hybridized carbons (Fsp3) is 0.231. The molecular formula is C13H15N3O. The summed E-state index contributed by atoms with van der Waals surface area (Å²) in [5, 5.41) is 3.33. The smallest absolute Gasteiger partial charge is 0.181 e. The van der Waals surface area contributed by atoms with E-state index in [0.29, 0.717) is 0 Å². The molecule has 0 aromatic carbocycles. The second kappa shape index (κ2) is 5.96. The lowest BCUT2D eigenvalue weighted by Crippen LogP contribution is -2.19. The molecule has 0 amide bonds. The summed E-state index contributed by atoms with van der Waals surface area (Å²) in [4.78, 5) is 15.0. The maximum Gasteiger partial charge on any atom is 0.181 e. The van der Waals surface area contributed by atoms with E-state index in [4.69, 9.17) is 0 Å². The van der Waals surface area contributed by atoms with Gasteiger partial charge in [0.25, 0.3) is 0 Å². The lowest BCUT2D eigenvalue weighted by molar-refractivity contribution is 0.594. The van der Waals surface area contributed by atoms with Crippen LogP contribution >= 0.6 is 0 Å². The van der Waals surface area contributed by atoms with Crippen molar-refractivity contribution in [3.8, 4) is 0 Å². The number of nitrogens with one attached hydrogen (secondary N) is 1. The van der Waals surface area contributed by atoms with Crippen molar-refractivity contribution in [1.29, 1.82) is 0 Å². The summed E-state index contributed by atoms with van der Waals surface area (Å²) in [6, 6.07) is 7.11. The van der Waals surface area contributed by atoms with Gasteiger partial charge in [-0.2, -0.15) is 0 Å². The van der Waals surface area contributed by atoms with Crippen LogP contribution in [0.4, 0.5) is 0 Å². The molecule has 4 nitrogen and oxygen atoms in total. The lowest BCUT2D eigenvalue weighted by Gasteiger charge is -2.07. The van der Waals surface area contributed by atoms with Gasteiger partial charge < -0.3 is 9.88 Å². The summed E-state index contributed by atoms with van der Waals surface area (Å²) in [6.45, 7) is 2.52. The van der Waals surface area contributed by atoms with E-state index in [1.54, 1.807) is 30.7 Å². The average molecular weight is 229 g/mol. The molecule has 17 heavy (non-hydrogen) atoms. The topological polar surface area (TPSA) is 46.9 Å². The number of hydrogen-bond donors (Lipinski definition) is 1. The van der Waals surface area contributed by atoms with E-state index in [1.807, 2.05) is 22.9 Å². The number of rotatable bonds is 5. The molecule has 0 bridgehead atoms. The van der Waals surface area contributed by atoms with Gasteiger partial charge in [-0.1, -0.05) is 6.07 Å². The van der Waals surface area contributed by atoms with Gasteiger partial charge in [0, 0.05) is 56.6 Å². The summed E-state index contributed by atoms with van der Waals surface area (Å²) >= 11 is 0. The first-order chi connectivity index (χ1) is 8.34. The summed E-state index contributed by atoms with van der Waals surface area (Å²) in [7, 11) is 0. The summed E-state index contributed by atoms with van der Waals surface area (Å²) < 4.78 is 1.98. The highest BCUT2D eigenvalue weighted by Gasteiger charge is 1.92. The van der Waals surface area contributed by atoms with E-state index in [1.165, 1.54) is 5.56 Å². The Hall–Kier alpha value is -1.94. The Morgan fingerprint density at radius 2 is 2.06 bits per heavy atom. The van der Waals surface area contributed by atoms with E-state index in [-0.39, 0.29) is 5.43 Å². The molecule has 0 saturated carbocycles. The minimum absolute atomic E-state index is 0.0459. The van der Waals surface area contributed by atoms with Gasteiger partial charge in [-0.05, 0) is 11.6 Å². The molecule has 0 radical (unpaired) electrons. The summed E-state index contributed by atoms with van der Waals surface area (Å²) in [6.07, 6.45) is 7.22. The summed E-state index contributed by atoms with van der Waals surface area (Å²) in [5.74, 6) is 0. The number of pyridine rings is 2. The Kier molecular flexibility index (Phi) is 4.05. The van der Waals surface area contributed by atoms with Crippen LogP contribution in [0.15, 0.2) is 53.8 Å². The second-order valence-electron chi connectivity index (χ2n) is 3.81. The van der Waals surface area contributed by atoms with Crippen LogP contribution in [0, 0.1) is 0 Å². The van der Waals surface area contributed by atoms with Crippen LogP contribution in [0.3, 0.4) is 0 Å². The standard InChI is InChI=1S/C13H15N3O/c17-13-3-7-16(8-4-13)9-6-15-11-12-2-1-5-14-10-12/h1-5,7-8,10,15H,6,9,11H2. The van der Waals surface area contributed by atoms with Crippen molar-refractivity contribution in [2.75, 3.05) is 6.54 Å². The maximum absolute atomic E-state index is 10.9. The summed E-state index contributed by atoms with van der Waals surface area (Å²) in [5.41, 5.74) is 1.22. The molecule has 2 aromatic heterocycles. The largest absolute Gasteiger partial charge is 0.353 e. The lowest BCUT2D eigenvalue weighted by atomic mass is 10.3. The van der Waals surface area contributed by atoms with Gasteiger partial charge in [0.2, 0.25) is 0 Å². The first-order valence-corrected chi connectivity index (χ1v) is 5.60. The van der Waals surface area contributed by atoms with E-state index in [2.05, 4.69) is 10.3 Å². The average Bonchev–Trinajstić information content (AvgIpc) is 2.38. The normalized spacial score (nSPS) is 10.4. The van der Waals surface area contributed by atoms with Gasteiger partial charge in [-0.25, -0.2) is 0 Å². The number of aromatic nitrogens is 2. The molecule has 0 aliphatic carbocycles. The van der Waals surface area contributed by atoms with E-state index >= 15 is 0 Å². The third-order valence-electron chi connectivity index (χ3n) is 2.46. The van der Waals surface area contributed by atoms with Gasteiger partial charge in [0.05, 0.1) is 0 Å². The van der Waals surface area contributed by atoms with Crippen molar-refractivity contribution < 1.29 is 0 Å². The fourth-order valence-electron chi connectivity index (χ4n) is 1.54. The Bertz CT molecular complexity index is 487. The second-order valence-corrected chi connectivity index (χ2v) is 3.81.